The van der Waals surface area contributed by atoms with Crippen molar-refractivity contribution < 1.29 is 0 Å². The van der Waals surface area contributed by atoms with Crippen molar-refractivity contribution in [3.8, 4) is 0 Å². The Morgan fingerprint density at radius 1 is 1.15 bits per heavy atom. The molecule has 0 spiro atoms. The highest BCUT2D eigenvalue weighted by atomic mass is 15.3. The zero-order valence-corrected chi connectivity index (χ0v) is 16.6. The molecule has 0 aromatic carbocycles. The first-order valence-electron chi connectivity index (χ1n) is 9.58. The molecule has 0 radical (unpaired) electrons. The lowest BCUT2D eigenvalue weighted by Crippen LogP contribution is -2.35. The highest BCUT2D eigenvalue weighted by molar-refractivity contribution is 5.16. The van der Waals surface area contributed by atoms with Gasteiger partial charge in [-0.1, -0.05) is 0 Å². The summed E-state index contributed by atoms with van der Waals surface area (Å²) in [6.07, 6.45) is 8.16. The summed E-state index contributed by atoms with van der Waals surface area (Å²) in [5.74, 6) is 3.49. The summed E-state index contributed by atoms with van der Waals surface area (Å²) in [5, 5.41) is 13.4. The predicted octanol–water partition coefficient (Wildman–Crippen LogP) is 1.79. The van der Waals surface area contributed by atoms with Crippen molar-refractivity contribution in [2.24, 2.45) is 14.1 Å². The van der Waals surface area contributed by atoms with E-state index < -0.39 is 0 Å². The summed E-state index contributed by atoms with van der Waals surface area (Å²) in [4.78, 5) is 6.81. The maximum Gasteiger partial charge on any atom is 0.152 e. The van der Waals surface area contributed by atoms with Crippen LogP contribution >= 0.6 is 0 Å². The number of hydrogen-bond acceptors (Lipinski definition) is 5. The fourth-order valence-electron chi connectivity index (χ4n) is 3.94. The molecule has 4 heterocycles. The van der Waals surface area contributed by atoms with E-state index in [-0.39, 0.29) is 0 Å². The van der Waals surface area contributed by atoms with Crippen LogP contribution < -0.4 is 0 Å². The lowest BCUT2D eigenvalue weighted by molar-refractivity contribution is 0.194. The van der Waals surface area contributed by atoms with Crippen LogP contribution in [-0.4, -0.2) is 52.1 Å². The predicted molar refractivity (Wildman–Crippen MR) is 102 cm³/mol. The van der Waals surface area contributed by atoms with E-state index in [0.717, 1.165) is 37.1 Å². The third-order valence-corrected chi connectivity index (χ3v) is 5.84. The molecule has 3 aromatic rings. The molecule has 4 rings (SSSR count). The molecular weight excluding hydrogens is 340 g/mol. The number of aromatic nitrogens is 7. The molecule has 0 N–H and O–H groups in total. The van der Waals surface area contributed by atoms with Crippen LogP contribution in [0, 0.1) is 13.8 Å². The van der Waals surface area contributed by atoms with E-state index in [9.17, 15) is 0 Å². The average molecular weight is 368 g/mol. The first-order chi connectivity index (χ1) is 13.0. The Morgan fingerprint density at radius 2 is 2.00 bits per heavy atom. The minimum atomic E-state index is 0.422. The summed E-state index contributed by atoms with van der Waals surface area (Å²) in [6.45, 7) is 7.96. The quantitative estimate of drug-likeness (QED) is 0.687. The van der Waals surface area contributed by atoms with Crippen LogP contribution in [-0.2, 0) is 27.2 Å². The normalized spacial score (nSPS) is 18.3. The third kappa shape index (κ3) is 3.53. The summed E-state index contributed by atoms with van der Waals surface area (Å²) >= 11 is 0. The number of rotatable bonds is 5. The zero-order chi connectivity index (χ0) is 19.0. The second kappa shape index (κ2) is 7.26. The first-order valence-corrected chi connectivity index (χ1v) is 9.58. The highest BCUT2D eigenvalue weighted by Gasteiger charge is 2.26. The van der Waals surface area contributed by atoms with Gasteiger partial charge in [0.05, 0.1) is 12.7 Å². The Hall–Kier alpha value is -2.48. The second-order valence-corrected chi connectivity index (χ2v) is 7.59. The van der Waals surface area contributed by atoms with Crippen molar-refractivity contribution in [3.05, 3.63) is 47.3 Å². The van der Waals surface area contributed by atoms with E-state index in [4.69, 9.17) is 0 Å². The van der Waals surface area contributed by atoms with Gasteiger partial charge in [0.2, 0.25) is 0 Å². The molecule has 1 atom stereocenters. The summed E-state index contributed by atoms with van der Waals surface area (Å²) in [7, 11) is 4.09. The van der Waals surface area contributed by atoms with E-state index in [2.05, 4.69) is 48.3 Å². The van der Waals surface area contributed by atoms with Crippen molar-refractivity contribution in [1.29, 1.82) is 0 Å². The molecule has 0 aliphatic carbocycles. The number of hydrogen-bond donors (Lipinski definition) is 0. The van der Waals surface area contributed by atoms with Crippen molar-refractivity contribution in [2.45, 2.75) is 45.7 Å². The Labute approximate surface area is 159 Å². The van der Waals surface area contributed by atoms with Gasteiger partial charge in [0.15, 0.2) is 5.82 Å². The number of aryl methyl sites for hydroxylation is 2. The average Bonchev–Trinajstić information content (AvgIpc) is 3.32. The Kier molecular flexibility index (Phi) is 4.82. The monoisotopic (exact) mass is 368 g/mol. The van der Waals surface area contributed by atoms with Gasteiger partial charge in [-0.05, 0) is 33.2 Å². The van der Waals surface area contributed by atoms with E-state index in [1.807, 2.05) is 37.2 Å². The number of piperidine rings is 1. The van der Waals surface area contributed by atoms with Crippen LogP contribution in [0.3, 0.4) is 0 Å². The van der Waals surface area contributed by atoms with Crippen LogP contribution in [0.1, 0.15) is 47.5 Å². The van der Waals surface area contributed by atoms with Crippen molar-refractivity contribution in [2.75, 3.05) is 13.1 Å². The van der Waals surface area contributed by atoms with Gasteiger partial charge >= 0.3 is 0 Å². The summed E-state index contributed by atoms with van der Waals surface area (Å²) in [6, 6.07) is 0. The SMILES string of the molecule is Cc1nccn1Cc1nnc(C2CCCN(Cc3cnn(C)c3C)C2)n1C. The minimum Gasteiger partial charge on any atom is -0.328 e. The Balaban J connectivity index is 1.47. The van der Waals surface area contributed by atoms with Crippen LogP contribution in [0.2, 0.25) is 0 Å². The molecule has 1 fully saturated rings. The largest absolute Gasteiger partial charge is 0.328 e. The number of imidazole rings is 1. The molecule has 8 heteroatoms. The molecular formula is C19H28N8. The lowest BCUT2D eigenvalue weighted by atomic mass is 9.96. The molecule has 1 aliphatic heterocycles. The number of nitrogens with zero attached hydrogens (tertiary/aromatic N) is 8. The summed E-state index contributed by atoms with van der Waals surface area (Å²) < 4.78 is 6.22. The topological polar surface area (TPSA) is 69.6 Å². The van der Waals surface area contributed by atoms with E-state index in [1.54, 1.807) is 0 Å². The molecule has 3 aromatic heterocycles. The fraction of sp³-hybridized carbons (Fsp3) is 0.579. The van der Waals surface area contributed by atoms with Gasteiger partial charge in [-0.3, -0.25) is 9.58 Å². The first kappa shape index (κ1) is 17.9. The smallest absolute Gasteiger partial charge is 0.152 e. The van der Waals surface area contributed by atoms with Gasteiger partial charge in [0.25, 0.3) is 0 Å². The van der Waals surface area contributed by atoms with Gasteiger partial charge in [-0.2, -0.15) is 5.10 Å². The van der Waals surface area contributed by atoms with Crippen LogP contribution in [0.4, 0.5) is 0 Å². The zero-order valence-electron chi connectivity index (χ0n) is 16.6. The Morgan fingerprint density at radius 3 is 2.70 bits per heavy atom. The molecule has 1 aliphatic rings. The molecule has 0 bridgehead atoms. The molecule has 0 amide bonds. The van der Waals surface area contributed by atoms with E-state index in [1.165, 1.54) is 24.1 Å². The van der Waals surface area contributed by atoms with E-state index >= 15 is 0 Å². The van der Waals surface area contributed by atoms with Gasteiger partial charge < -0.3 is 9.13 Å². The molecule has 8 nitrogen and oxygen atoms in total. The maximum atomic E-state index is 4.55. The second-order valence-electron chi connectivity index (χ2n) is 7.59. The van der Waals surface area contributed by atoms with Crippen LogP contribution in [0.15, 0.2) is 18.6 Å². The third-order valence-electron chi connectivity index (χ3n) is 5.84. The Bertz CT molecular complexity index is 918. The van der Waals surface area contributed by atoms with Crippen LogP contribution in [0.25, 0.3) is 0 Å². The van der Waals surface area contributed by atoms with Crippen molar-refractivity contribution in [1.82, 2.24) is 39.0 Å². The molecule has 27 heavy (non-hydrogen) atoms. The molecule has 1 saturated heterocycles. The minimum absolute atomic E-state index is 0.422. The highest BCUT2D eigenvalue weighted by Crippen LogP contribution is 2.27. The maximum absolute atomic E-state index is 4.55. The van der Waals surface area contributed by atoms with Crippen molar-refractivity contribution >= 4 is 0 Å². The lowest BCUT2D eigenvalue weighted by Gasteiger charge is -2.32. The van der Waals surface area contributed by atoms with Gasteiger partial charge in [0, 0.05) is 56.8 Å². The fourth-order valence-corrected chi connectivity index (χ4v) is 3.94. The van der Waals surface area contributed by atoms with Gasteiger partial charge in [-0.25, -0.2) is 4.98 Å². The standard InChI is InChI=1S/C19H28N8/c1-14-17(10-21-25(14)4)12-26-8-5-6-16(11-26)19-23-22-18(24(19)3)13-27-9-7-20-15(27)2/h7,9-10,16H,5-6,8,11-13H2,1-4H3. The number of likely N-dealkylation sites (tertiary alicyclic amines) is 1. The molecule has 1 unspecified atom stereocenters. The van der Waals surface area contributed by atoms with Crippen LogP contribution in [0.5, 0.6) is 0 Å². The molecule has 144 valence electrons. The van der Waals surface area contributed by atoms with Gasteiger partial charge in [-0.15, -0.1) is 10.2 Å². The molecule has 0 saturated carbocycles. The summed E-state index contributed by atoms with van der Waals surface area (Å²) in [5.41, 5.74) is 2.56. The van der Waals surface area contributed by atoms with E-state index in [0.29, 0.717) is 12.5 Å². The van der Waals surface area contributed by atoms with Gasteiger partial charge in [0.1, 0.15) is 11.6 Å². The van der Waals surface area contributed by atoms with Crippen molar-refractivity contribution in [3.63, 3.8) is 0 Å².